The molecule has 2 aromatic carbocycles. The largest absolute Gasteiger partial charge is 0.493 e. The minimum Gasteiger partial charge on any atom is -0.493 e. The van der Waals surface area contributed by atoms with Crippen molar-refractivity contribution >= 4 is 23.6 Å². The van der Waals surface area contributed by atoms with Gasteiger partial charge in [0.25, 0.3) is 0 Å². The highest BCUT2D eigenvalue weighted by molar-refractivity contribution is 8.00. The molecule has 1 unspecified atom stereocenters. The number of Topliss-reactive ketones (excluding diaryl/α,β-unsaturated/α-hetero) is 1. The molecular formula is C31H36N2O3S. The van der Waals surface area contributed by atoms with E-state index in [0.717, 1.165) is 48.3 Å². The lowest BCUT2D eigenvalue weighted by atomic mass is 9.87. The summed E-state index contributed by atoms with van der Waals surface area (Å²) in [7, 11) is 1.67. The molecule has 1 heterocycles. The summed E-state index contributed by atoms with van der Waals surface area (Å²) < 4.78 is 14.1. The number of rotatable bonds is 11. The Morgan fingerprint density at radius 2 is 1.97 bits per heavy atom. The van der Waals surface area contributed by atoms with Crippen LogP contribution in [-0.4, -0.2) is 28.8 Å². The molecule has 0 radical (unpaired) electrons. The lowest BCUT2D eigenvalue weighted by molar-refractivity contribution is -0.117. The average molecular weight is 517 g/mol. The van der Waals surface area contributed by atoms with Crippen molar-refractivity contribution in [3.8, 4) is 11.5 Å². The van der Waals surface area contributed by atoms with Crippen molar-refractivity contribution in [1.29, 1.82) is 0 Å². The molecule has 5 rings (SSSR count). The van der Waals surface area contributed by atoms with E-state index in [9.17, 15) is 4.79 Å². The molecule has 2 fully saturated rings. The summed E-state index contributed by atoms with van der Waals surface area (Å²) in [6.45, 7) is 7.95. The van der Waals surface area contributed by atoms with Crippen LogP contribution >= 0.6 is 11.8 Å². The summed E-state index contributed by atoms with van der Waals surface area (Å²) in [6, 6.07) is 14.6. The van der Waals surface area contributed by atoms with Gasteiger partial charge in [-0.25, -0.2) is 4.68 Å². The smallest absolute Gasteiger partial charge is 0.161 e. The number of ether oxygens (including phenoxy) is 2. The number of hydrogen-bond donors (Lipinski definition) is 0. The van der Waals surface area contributed by atoms with Gasteiger partial charge in [-0.3, -0.25) is 4.79 Å². The SMILES string of the molecule is C=Cc1c(C(CC(C)=O)c2ccc(OC3CCCC3)c(OC)c2)cnn1C1(Sc2ccccc2C)CC1. The number of aromatic nitrogens is 2. The second-order valence-electron chi connectivity index (χ2n) is 10.3. The number of carbonyl (C=O) groups excluding carboxylic acids is 1. The predicted molar refractivity (Wildman–Crippen MR) is 150 cm³/mol. The van der Waals surface area contributed by atoms with Crippen molar-refractivity contribution in [2.75, 3.05) is 7.11 Å². The Balaban J connectivity index is 1.49. The van der Waals surface area contributed by atoms with Crippen LogP contribution in [0.15, 0.2) is 60.1 Å². The molecule has 2 aliphatic rings. The van der Waals surface area contributed by atoms with Crippen molar-refractivity contribution in [3.63, 3.8) is 0 Å². The van der Waals surface area contributed by atoms with E-state index in [1.165, 1.54) is 23.3 Å². The molecular weight excluding hydrogens is 480 g/mol. The second-order valence-corrected chi connectivity index (χ2v) is 11.7. The molecule has 0 N–H and O–H groups in total. The fourth-order valence-corrected chi connectivity index (χ4v) is 6.71. The van der Waals surface area contributed by atoms with Gasteiger partial charge in [0.2, 0.25) is 0 Å². The quantitative estimate of drug-likeness (QED) is 0.264. The Labute approximate surface area is 224 Å². The third kappa shape index (κ3) is 5.35. The Morgan fingerprint density at radius 1 is 1.22 bits per heavy atom. The van der Waals surface area contributed by atoms with Crippen molar-refractivity contribution in [3.05, 3.63) is 77.6 Å². The highest BCUT2D eigenvalue weighted by Gasteiger charge is 2.48. The van der Waals surface area contributed by atoms with E-state index in [-0.39, 0.29) is 22.7 Å². The molecule has 2 aliphatic carbocycles. The van der Waals surface area contributed by atoms with Gasteiger partial charge in [0.15, 0.2) is 11.5 Å². The molecule has 2 saturated carbocycles. The first-order valence-corrected chi connectivity index (χ1v) is 14.1. The minimum atomic E-state index is -0.145. The predicted octanol–water partition coefficient (Wildman–Crippen LogP) is 7.51. The van der Waals surface area contributed by atoms with E-state index in [0.29, 0.717) is 12.2 Å². The number of aryl methyl sites for hydroxylation is 1. The molecule has 0 aliphatic heterocycles. The van der Waals surface area contributed by atoms with E-state index in [4.69, 9.17) is 14.6 Å². The number of carbonyl (C=O) groups is 1. The number of methoxy groups -OCH3 is 1. The van der Waals surface area contributed by atoms with Crippen LogP contribution in [0.4, 0.5) is 0 Å². The van der Waals surface area contributed by atoms with Gasteiger partial charge in [0.05, 0.1) is 25.1 Å². The van der Waals surface area contributed by atoms with E-state index >= 15 is 0 Å². The monoisotopic (exact) mass is 516 g/mol. The summed E-state index contributed by atoms with van der Waals surface area (Å²) in [5.74, 6) is 1.46. The summed E-state index contributed by atoms with van der Waals surface area (Å²) in [5.41, 5.74) is 4.29. The Kier molecular flexibility index (Phi) is 7.47. The van der Waals surface area contributed by atoms with Gasteiger partial charge in [-0.2, -0.15) is 5.10 Å². The molecule has 1 atom stereocenters. The molecule has 0 spiro atoms. The molecule has 0 bridgehead atoms. The van der Waals surface area contributed by atoms with Crippen molar-refractivity contribution in [1.82, 2.24) is 9.78 Å². The van der Waals surface area contributed by atoms with Crippen LogP contribution in [0.1, 0.15) is 80.2 Å². The van der Waals surface area contributed by atoms with Crippen LogP contribution in [0.5, 0.6) is 11.5 Å². The topological polar surface area (TPSA) is 53.4 Å². The van der Waals surface area contributed by atoms with Crippen LogP contribution in [0.25, 0.3) is 6.08 Å². The number of nitrogens with zero attached hydrogens (tertiary/aromatic N) is 2. The Bertz CT molecular complexity index is 1290. The van der Waals surface area contributed by atoms with Crippen molar-refractivity contribution in [2.45, 2.75) is 80.6 Å². The molecule has 37 heavy (non-hydrogen) atoms. The molecule has 0 saturated heterocycles. The highest BCUT2D eigenvalue weighted by Crippen LogP contribution is 2.57. The lowest BCUT2D eigenvalue weighted by Gasteiger charge is -2.22. The zero-order valence-corrected chi connectivity index (χ0v) is 22.9. The van der Waals surface area contributed by atoms with Crippen LogP contribution in [0, 0.1) is 6.92 Å². The maximum absolute atomic E-state index is 12.4. The van der Waals surface area contributed by atoms with Gasteiger partial charge in [-0.05, 0) is 87.8 Å². The number of thioether (sulfide) groups is 1. The summed E-state index contributed by atoms with van der Waals surface area (Å²) in [6.07, 6.45) is 11.1. The standard InChI is InChI=1S/C31H36N2O3S/c1-5-27-26(20-32-33(27)31(16-17-31)37-30-13-9-6-10-21(30)2)25(18-22(3)34)23-14-15-28(29(19-23)35-4)36-24-11-7-8-12-24/h5-6,9-10,13-15,19-20,24-25H,1,7-8,11-12,16-18H2,2-4H3. The highest BCUT2D eigenvalue weighted by atomic mass is 32.2. The van der Waals surface area contributed by atoms with E-state index in [2.05, 4.69) is 48.5 Å². The summed E-state index contributed by atoms with van der Waals surface area (Å²) in [4.78, 5) is 13.6. The third-order valence-electron chi connectivity index (χ3n) is 7.54. The fourth-order valence-electron chi connectivity index (χ4n) is 5.39. The maximum Gasteiger partial charge on any atom is 0.161 e. The molecule has 194 valence electrons. The third-order valence-corrected chi connectivity index (χ3v) is 9.18. The average Bonchev–Trinajstić information content (AvgIpc) is 3.27. The van der Waals surface area contributed by atoms with E-state index in [1.807, 2.05) is 36.2 Å². The molecule has 6 heteroatoms. The van der Waals surface area contributed by atoms with Gasteiger partial charge in [0, 0.05) is 22.8 Å². The fraction of sp³-hybridized carbons (Fsp3) is 0.419. The molecule has 3 aromatic rings. The Morgan fingerprint density at radius 3 is 2.62 bits per heavy atom. The molecule has 0 amide bonds. The number of ketones is 1. The minimum absolute atomic E-state index is 0.120. The van der Waals surface area contributed by atoms with Crippen molar-refractivity contribution in [2.24, 2.45) is 0 Å². The number of benzene rings is 2. The maximum atomic E-state index is 12.4. The Hall–Kier alpha value is -2.99. The first-order valence-electron chi connectivity index (χ1n) is 13.2. The van der Waals surface area contributed by atoms with Crippen LogP contribution in [-0.2, 0) is 9.67 Å². The van der Waals surface area contributed by atoms with Crippen LogP contribution in [0.3, 0.4) is 0 Å². The van der Waals surface area contributed by atoms with Gasteiger partial charge in [0.1, 0.15) is 10.7 Å². The molecule has 5 nitrogen and oxygen atoms in total. The number of hydrogen-bond acceptors (Lipinski definition) is 5. The van der Waals surface area contributed by atoms with Crippen LogP contribution in [0.2, 0.25) is 0 Å². The lowest BCUT2D eigenvalue weighted by Crippen LogP contribution is -2.17. The van der Waals surface area contributed by atoms with E-state index < -0.39 is 0 Å². The van der Waals surface area contributed by atoms with Gasteiger partial charge >= 0.3 is 0 Å². The van der Waals surface area contributed by atoms with Gasteiger partial charge in [-0.1, -0.05) is 42.6 Å². The van der Waals surface area contributed by atoms with Gasteiger partial charge < -0.3 is 9.47 Å². The zero-order valence-electron chi connectivity index (χ0n) is 22.0. The zero-order chi connectivity index (χ0) is 26.0. The van der Waals surface area contributed by atoms with Gasteiger partial charge in [-0.15, -0.1) is 0 Å². The first kappa shape index (κ1) is 25.7. The normalized spacial score (nSPS) is 17.4. The summed E-state index contributed by atoms with van der Waals surface area (Å²) >= 11 is 1.87. The first-order chi connectivity index (χ1) is 17.9. The van der Waals surface area contributed by atoms with Crippen LogP contribution < -0.4 is 9.47 Å². The van der Waals surface area contributed by atoms with Crippen molar-refractivity contribution < 1.29 is 14.3 Å². The molecule has 1 aromatic heterocycles. The second kappa shape index (κ2) is 10.8. The summed E-state index contributed by atoms with van der Waals surface area (Å²) in [5, 5.41) is 4.89. The van der Waals surface area contributed by atoms with E-state index in [1.54, 1.807) is 14.0 Å².